The van der Waals surface area contributed by atoms with E-state index in [1.54, 1.807) is 0 Å². The van der Waals surface area contributed by atoms with Crippen molar-refractivity contribution in [1.82, 2.24) is 0 Å². The average Bonchev–Trinajstić information content (AvgIpc) is 1.96. The van der Waals surface area contributed by atoms with Gasteiger partial charge >= 0.3 is 0 Å². The van der Waals surface area contributed by atoms with Crippen molar-refractivity contribution in [2.75, 3.05) is 0 Å². The first-order valence-corrected chi connectivity index (χ1v) is 2.73. The second kappa shape index (κ2) is 2.54. The van der Waals surface area contributed by atoms with E-state index in [0.29, 0.717) is 6.07 Å². The fourth-order valence-electron chi connectivity index (χ4n) is 0.651. The molecule has 4 heteroatoms. The van der Waals surface area contributed by atoms with Crippen LogP contribution in [0.1, 0.15) is 5.56 Å². The highest BCUT2D eigenvalue weighted by atomic mass is 19.1. The van der Waals surface area contributed by atoms with Crippen LogP contribution in [0.25, 0.3) is 0 Å². The molecule has 0 aliphatic carbocycles. The van der Waals surface area contributed by atoms with Crippen LogP contribution in [0.3, 0.4) is 0 Å². The van der Waals surface area contributed by atoms with Crippen molar-refractivity contribution in [2.24, 2.45) is 0 Å². The van der Waals surface area contributed by atoms with Gasteiger partial charge in [-0.3, -0.25) is 0 Å². The van der Waals surface area contributed by atoms with Gasteiger partial charge in [0.15, 0.2) is 11.6 Å². The summed E-state index contributed by atoms with van der Waals surface area (Å²) in [6, 6.07) is 2.72. The lowest BCUT2D eigenvalue weighted by Gasteiger charge is -1.96. The number of phenolic OH excluding ortho intramolecular Hbond substituents is 1. The van der Waals surface area contributed by atoms with Gasteiger partial charge in [-0.15, -0.1) is 0 Å². The molecule has 0 radical (unpaired) electrons. The van der Waals surface area contributed by atoms with Crippen LogP contribution in [-0.2, 0) is 0 Å². The molecule has 11 heavy (non-hydrogen) atoms. The van der Waals surface area contributed by atoms with Crippen LogP contribution in [0.15, 0.2) is 12.1 Å². The van der Waals surface area contributed by atoms with Crippen molar-refractivity contribution in [3.8, 4) is 11.8 Å². The lowest BCUT2D eigenvalue weighted by Crippen LogP contribution is -1.85. The maximum Gasteiger partial charge on any atom is 0.169 e. The first kappa shape index (κ1) is 7.48. The molecule has 0 spiro atoms. The zero-order valence-electron chi connectivity index (χ0n) is 5.31. The van der Waals surface area contributed by atoms with Gasteiger partial charge in [-0.05, 0) is 6.07 Å². The summed E-state index contributed by atoms with van der Waals surface area (Å²) in [5.41, 5.74) is -0.400. The van der Waals surface area contributed by atoms with Gasteiger partial charge in [0.2, 0.25) is 0 Å². The topological polar surface area (TPSA) is 44.0 Å². The quantitative estimate of drug-likeness (QED) is 0.617. The maximum atomic E-state index is 12.4. The molecule has 0 aliphatic rings. The molecule has 0 amide bonds. The summed E-state index contributed by atoms with van der Waals surface area (Å²) in [5.74, 6) is -2.81. The number of benzene rings is 1. The molecule has 1 N–H and O–H groups in total. The number of phenols is 1. The molecule has 56 valence electrons. The third kappa shape index (κ3) is 1.27. The minimum atomic E-state index is -1.12. The van der Waals surface area contributed by atoms with Crippen molar-refractivity contribution in [3.63, 3.8) is 0 Å². The van der Waals surface area contributed by atoms with E-state index in [1.807, 2.05) is 0 Å². The molecule has 0 aromatic heterocycles. The molecule has 2 nitrogen and oxygen atoms in total. The Hall–Kier alpha value is -1.63. The standard InChI is InChI=1S/C7H3F2NO/c8-5-1-4(3-10)7(11)6(9)2-5/h1-2,11H. The first-order chi connectivity index (χ1) is 5.15. The molecule has 0 atom stereocenters. The highest BCUT2D eigenvalue weighted by Gasteiger charge is 2.08. The lowest BCUT2D eigenvalue weighted by atomic mass is 10.2. The third-order valence-corrected chi connectivity index (χ3v) is 1.15. The molecule has 1 aromatic rings. The molecule has 1 rings (SSSR count). The molecular formula is C7H3F2NO. The second-order valence-electron chi connectivity index (χ2n) is 1.90. The zero-order chi connectivity index (χ0) is 8.43. The van der Waals surface area contributed by atoms with E-state index in [2.05, 4.69) is 0 Å². The SMILES string of the molecule is N#Cc1cc(F)cc(F)c1O. The Morgan fingerprint density at radius 1 is 1.36 bits per heavy atom. The highest BCUT2D eigenvalue weighted by Crippen LogP contribution is 2.21. The van der Waals surface area contributed by atoms with Crippen LogP contribution in [0.5, 0.6) is 5.75 Å². The molecule has 1 aromatic carbocycles. The van der Waals surface area contributed by atoms with Gasteiger partial charge < -0.3 is 5.11 Å². The van der Waals surface area contributed by atoms with Crippen LogP contribution in [0.2, 0.25) is 0 Å². The van der Waals surface area contributed by atoms with E-state index in [4.69, 9.17) is 10.4 Å². The number of aromatic hydroxyl groups is 1. The summed E-state index contributed by atoms with van der Waals surface area (Å²) < 4.78 is 24.7. The second-order valence-corrected chi connectivity index (χ2v) is 1.90. The zero-order valence-corrected chi connectivity index (χ0v) is 5.31. The fraction of sp³-hybridized carbons (Fsp3) is 0. The predicted octanol–water partition coefficient (Wildman–Crippen LogP) is 1.54. The lowest BCUT2D eigenvalue weighted by molar-refractivity contribution is 0.426. The third-order valence-electron chi connectivity index (χ3n) is 1.15. The molecule has 0 bridgehead atoms. The minimum absolute atomic E-state index is 0.400. The highest BCUT2D eigenvalue weighted by molar-refractivity contribution is 5.42. The summed E-state index contributed by atoms with van der Waals surface area (Å²) in [6.07, 6.45) is 0. The molecule has 0 saturated carbocycles. The van der Waals surface area contributed by atoms with Gasteiger partial charge in [-0.2, -0.15) is 5.26 Å². The Labute approximate surface area is 61.3 Å². The molecular weight excluding hydrogens is 152 g/mol. The number of hydrogen-bond acceptors (Lipinski definition) is 2. The van der Waals surface area contributed by atoms with Gasteiger partial charge in [-0.25, -0.2) is 8.78 Å². The van der Waals surface area contributed by atoms with Crippen molar-refractivity contribution in [3.05, 3.63) is 29.3 Å². The Kier molecular flexibility index (Phi) is 1.73. The number of rotatable bonds is 0. The van der Waals surface area contributed by atoms with E-state index in [-0.39, 0.29) is 0 Å². The van der Waals surface area contributed by atoms with Crippen molar-refractivity contribution >= 4 is 0 Å². The summed E-state index contributed by atoms with van der Waals surface area (Å²) >= 11 is 0. The van der Waals surface area contributed by atoms with Crippen molar-refractivity contribution in [1.29, 1.82) is 5.26 Å². The number of nitrogens with zero attached hydrogens (tertiary/aromatic N) is 1. The van der Waals surface area contributed by atoms with Crippen molar-refractivity contribution in [2.45, 2.75) is 0 Å². The Morgan fingerprint density at radius 3 is 2.55 bits per heavy atom. The first-order valence-electron chi connectivity index (χ1n) is 2.73. The van der Waals surface area contributed by atoms with Crippen LogP contribution >= 0.6 is 0 Å². The van der Waals surface area contributed by atoms with E-state index < -0.39 is 22.9 Å². The van der Waals surface area contributed by atoms with Gasteiger partial charge in [0.05, 0.1) is 5.56 Å². The summed E-state index contributed by atoms with van der Waals surface area (Å²) in [6.45, 7) is 0. The van der Waals surface area contributed by atoms with Crippen molar-refractivity contribution < 1.29 is 13.9 Å². The molecule has 0 heterocycles. The number of nitriles is 1. The Morgan fingerprint density at radius 2 is 2.00 bits per heavy atom. The smallest absolute Gasteiger partial charge is 0.169 e. The Bertz CT molecular complexity index is 330. The maximum absolute atomic E-state index is 12.4. The van der Waals surface area contributed by atoms with E-state index in [9.17, 15) is 8.78 Å². The summed E-state index contributed by atoms with van der Waals surface area (Å²) in [7, 11) is 0. The summed E-state index contributed by atoms with van der Waals surface area (Å²) in [5, 5.41) is 17.0. The molecule has 0 fully saturated rings. The van der Waals surface area contributed by atoms with Crippen LogP contribution < -0.4 is 0 Å². The monoisotopic (exact) mass is 155 g/mol. The van der Waals surface area contributed by atoms with Gasteiger partial charge in [0.1, 0.15) is 11.9 Å². The Balaban J connectivity index is 3.39. The number of halogens is 2. The fourth-order valence-corrected chi connectivity index (χ4v) is 0.651. The van der Waals surface area contributed by atoms with Crippen LogP contribution in [0.4, 0.5) is 8.78 Å². The minimum Gasteiger partial charge on any atom is -0.504 e. The average molecular weight is 155 g/mol. The van der Waals surface area contributed by atoms with E-state index in [0.717, 1.165) is 6.07 Å². The van der Waals surface area contributed by atoms with Gasteiger partial charge in [0.25, 0.3) is 0 Å². The molecule has 0 unspecified atom stereocenters. The van der Waals surface area contributed by atoms with Gasteiger partial charge in [-0.1, -0.05) is 0 Å². The van der Waals surface area contributed by atoms with Crippen LogP contribution in [-0.4, -0.2) is 5.11 Å². The normalized spacial score (nSPS) is 9.18. The number of hydrogen-bond donors (Lipinski definition) is 1. The predicted molar refractivity (Wildman–Crippen MR) is 32.7 cm³/mol. The molecule has 0 saturated heterocycles. The largest absolute Gasteiger partial charge is 0.504 e. The molecule has 0 aliphatic heterocycles. The summed E-state index contributed by atoms with van der Waals surface area (Å²) in [4.78, 5) is 0. The van der Waals surface area contributed by atoms with Crippen LogP contribution in [0, 0.1) is 23.0 Å². The van der Waals surface area contributed by atoms with E-state index >= 15 is 0 Å². The van der Waals surface area contributed by atoms with Gasteiger partial charge in [0, 0.05) is 6.07 Å². The van der Waals surface area contributed by atoms with E-state index in [1.165, 1.54) is 6.07 Å².